The number of amides is 2. The second-order valence-corrected chi connectivity index (χ2v) is 7.55. The molecule has 0 saturated carbocycles. The Morgan fingerprint density at radius 3 is 2.88 bits per heavy atom. The molecule has 1 aliphatic rings. The number of hydrogen-bond donors (Lipinski definition) is 3. The van der Waals surface area contributed by atoms with Crippen LogP contribution in [0.15, 0.2) is 55.4 Å². The van der Waals surface area contributed by atoms with Gasteiger partial charge in [0.25, 0.3) is 5.91 Å². The van der Waals surface area contributed by atoms with Gasteiger partial charge in [0.2, 0.25) is 5.91 Å². The predicted molar refractivity (Wildman–Crippen MR) is 123 cm³/mol. The number of halogens is 1. The number of aromatic nitrogens is 2. The molecule has 0 fully saturated rings. The number of aromatic amines is 1. The summed E-state index contributed by atoms with van der Waals surface area (Å²) < 4.78 is 19.3. The Balaban J connectivity index is 1.69. The lowest BCUT2D eigenvalue weighted by Gasteiger charge is -2.17. The van der Waals surface area contributed by atoms with E-state index in [0.29, 0.717) is 53.5 Å². The van der Waals surface area contributed by atoms with Gasteiger partial charge in [-0.3, -0.25) is 14.6 Å². The van der Waals surface area contributed by atoms with Crippen molar-refractivity contribution in [3.05, 3.63) is 72.5 Å². The van der Waals surface area contributed by atoms with E-state index >= 15 is 0 Å². The fourth-order valence-corrected chi connectivity index (χ4v) is 3.64. The van der Waals surface area contributed by atoms with Gasteiger partial charge in [0, 0.05) is 43.2 Å². The zero-order valence-corrected chi connectivity index (χ0v) is 18.2. The highest BCUT2D eigenvalue weighted by Gasteiger charge is 2.28. The standard InChI is InChI=1S/C24H24FN5O3/c1-3-20(31)30(2)12-13-33-19-14-26-10-8-17(19)22-23(28-16-6-4-15(25)5-7-16)21-18(29-22)9-11-27-24(21)32/h3-8,10,14,28-29H,1,9,11-13H2,2H3,(H,27,32). The van der Waals surface area contributed by atoms with Crippen molar-refractivity contribution < 1.29 is 18.7 Å². The van der Waals surface area contributed by atoms with Crippen molar-refractivity contribution in [3.63, 3.8) is 0 Å². The van der Waals surface area contributed by atoms with Gasteiger partial charge in [-0.15, -0.1) is 0 Å². The molecule has 2 aromatic heterocycles. The number of benzene rings is 1. The van der Waals surface area contributed by atoms with Crippen LogP contribution < -0.4 is 15.4 Å². The van der Waals surface area contributed by atoms with Crippen LogP contribution >= 0.6 is 0 Å². The van der Waals surface area contributed by atoms with Crippen LogP contribution in [-0.4, -0.2) is 53.4 Å². The molecule has 0 atom stereocenters. The topological polar surface area (TPSA) is 99.3 Å². The summed E-state index contributed by atoms with van der Waals surface area (Å²) in [5.74, 6) is -0.235. The number of nitrogens with one attached hydrogen (secondary N) is 3. The van der Waals surface area contributed by atoms with Gasteiger partial charge >= 0.3 is 0 Å². The third kappa shape index (κ3) is 4.72. The molecule has 3 aromatic rings. The summed E-state index contributed by atoms with van der Waals surface area (Å²) in [5, 5.41) is 6.13. The van der Waals surface area contributed by atoms with Gasteiger partial charge in [-0.25, -0.2) is 4.39 Å². The molecule has 0 bridgehead atoms. The molecule has 3 N–H and O–H groups in total. The third-order valence-corrected chi connectivity index (χ3v) is 5.37. The Labute approximate surface area is 190 Å². The Kier molecular flexibility index (Phi) is 6.39. The van der Waals surface area contributed by atoms with Gasteiger partial charge in [-0.2, -0.15) is 0 Å². The first kappa shape index (κ1) is 22.1. The maximum atomic E-state index is 13.4. The summed E-state index contributed by atoms with van der Waals surface area (Å²) in [4.78, 5) is 33.4. The molecule has 8 nitrogen and oxygen atoms in total. The van der Waals surface area contributed by atoms with Gasteiger partial charge in [0.05, 0.1) is 29.7 Å². The minimum atomic E-state index is -0.348. The molecule has 0 spiro atoms. The summed E-state index contributed by atoms with van der Waals surface area (Å²) in [6.45, 7) is 4.63. The van der Waals surface area contributed by atoms with Gasteiger partial charge in [-0.1, -0.05) is 6.58 Å². The summed E-state index contributed by atoms with van der Waals surface area (Å²) >= 11 is 0. The Morgan fingerprint density at radius 1 is 1.33 bits per heavy atom. The molecule has 0 unspecified atom stereocenters. The van der Waals surface area contributed by atoms with Crippen molar-refractivity contribution in [1.29, 1.82) is 0 Å². The summed E-state index contributed by atoms with van der Waals surface area (Å²) in [6.07, 6.45) is 5.12. The van der Waals surface area contributed by atoms with Crippen molar-refractivity contribution in [2.24, 2.45) is 0 Å². The average molecular weight is 449 g/mol. The number of fused-ring (bicyclic) bond motifs is 1. The molecular weight excluding hydrogens is 425 g/mol. The minimum absolute atomic E-state index is 0.190. The molecule has 0 aliphatic carbocycles. The molecule has 1 aromatic carbocycles. The van der Waals surface area contributed by atoms with Crippen LogP contribution in [0.4, 0.5) is 15.8 Å². The lowest BCUT2D eigenvalue weighted by Crippen LogP contribution is -2.31. The first-order valence-corrected chi connectivity index (χ1v) is 10.5. The van der Waals surface area contributed by atoms with E-state index in [1.165, 1.54) is 23.1 Å². The van der Waals surface area contributed by atoms with E-state index in [9.17, 15) is 14.0 Å². The van der Waals surface area contributed by atoms with E-state index in [1.54, 1.807) is 37.6 Å². The van der Waals surface area contributed by atoms with Crippen molar-refractivity contribution in [2.75, 3.05) is 32.1 Å². The zero-order chi connectivity index (χ0) is 23.4. The number of likely N-dealkylation sites (N-methyl/N-ethyl adjacent to an activating group) is 1. The lowest BCUT2D eigenvalue weighted by atomic mass is 10.0. The van der Waals surface area contributed by atoms with Crippen molar-refractivity contribution >= 4 is 23.2 Å². The van der Waals surface area contributed by atoms with Crippen molar-refractivity contribution in [2.45, 2.75) is 6.42 Å². The molecule has 170 valence electrons. The monoisotopic (exact) mass is 449 g/mol. The molecule has 0 radical (unpaired) electrons. The number of ether oxygens (including phenoxy) is 1. The molecule has 4 rings (SSSR count). The number of H-pyrrole nitrogens is 1. The average Bonchev–Trinajstić information content (AvgIpc) is 3.19. The predicted octanol–water partition coefficient (Wildman–Crippen LogP) is 3.27. The third-order valence-electron chi connectivity index (χ3n) is 5.37. The van der Waals surface area contributed by atoms with Crippen LogP contribution in [-0.2, 0) is 11.2 Å². The molecule has 0 saturated heterocycles. The first-order valence-electron chi connectivity index (χ1n) is 10.5. The lowest BCUT2D eigenvalue weighted by molar-refractivity contribution is -0.125. The second kappa shape index (κ2) is 9.56. The van der Waals surface area contributed by atoms with Crippen molar-refractivity contribution in [3.8, 4) is 17.0 Å². The SMILES string of the molecule is C=CC(=O)N(C)CCOc1cnccc1-c1[nH]c2c(c1Nc1ccc(F)cc1)C(=O)NCC2. The van der Waals surface area contributed by atoms with Crippen LogP contribution in [0.5, 0.6) is 5.75 Å². The molecule has 3 heterocycles. The quantitative estimate of drug-likeness (QED) is 0.459. The van der Waals surface area contributed by atoms with E-state index in [-0.39, 0.29) is 24.2 Å². The number of pyridine rings is 1. The number of rotatable bonds is 8. The van der Waals surface area contributed by atoms with E-state index in [2.05, 4.69) is 27.2 Å². The van der Waals surface area contributed by atoms with Crippen LogP contribution in [0.1, 0.15) is 16.1 Å². The van der Waals surface area contributed by atoms with E-state index in [4.69, 9.17) is 4.74 Å². The molecule has 2 amide bonds. The molecule has 1 aliphatic heterocycles. The molecule has 33 heavy (non-hydrogen) atoms. The van der Waals surface area contributed by atoms with Gasteiger partial charge in [-0.05, 0) is 36.4 Å². The Hall–Kier alpha value is -4.14. The van der Waals surface area contributed by atoms with Crippen LogP contribution in [0.3, 0.4) is 0 Å². The Bertz CT molecular complexity index is 1190. The highest BCUT2D eigenvalue weighted by molar-refractivity contribution is 6.06. The van der Waals surface area contributed by atoms with Gasteiger partial charge in [0.1, 0.15) is 18.2 Å². The van der Waals surface area contributed by atoms with Crippen molar-refractivity contribution in [1.82, 2.24) is 20.2 Å². The normalized spacial score (nSPS) is 12.5. The summed E-state index contributed by atoms with van der Waals surface area (Å²) in [5.41, 5.74) is 3.89. The highest BCUT2D eigenvalue weighted by atomic mass is 19.1. The number of nitrogens with zero attached hydrogens (tertiary/aromatic N) is 2. The maximum Gasteiger partial charge on any atom is 0.255 e. The summed E-state index contributed by atoms with van der Waals surface area (Å²) in [7, 11) is 1.67. The van der Waals surface area contributed by atoms with E-state index in [0.717, 1.165) is 5.69 Å². The molecule has 9 heteroatoms. The number of carbonyl (C=O) groups is 2. The first-order chi connectivity index (χ1) is 16.0. The van der Waals surface area contributed by atoms with E-state index < -0.39 is 0 Å². The smallest absolute Gasteiger partial charge is 0.255 e. The Morgan fingerprint density at radius 2 is 2.12 bits per heavy atom. The molecular formula is C24H24FN5O3. The van der Waals surface area contributed by atoms with Crippen LogP contribution in [0.25, 0.3) is 11.3 Å². The maximum absolute atomic E-state index is 13.4. The second-order valence-electron chi connectivity index (χ2n) is 7.55. The number of hydrogen-bond acceptors (Lipinski definition) is 5. The highest BCUT2D eigenvalue weighted by Crippen LogP contribution is 2.40. The van der Waals surface area contributed by atoms with Crippen LogP contribution in [0.2, 0.25) is 0 Å². The van der Waals surface area contributed by atoms with E-state index in [1.807, 2.05) is 0 Å². The fraction of sp³-hybridized carbons (Fsp3) is 0.208. The van der Waals surface area contributed by atoms with Gasteiger partial charge in [0.15, 0.2) is 0 Å². The fourth-order valence-electron chi connectivity index (χ4n) is 3.64. The number of anilines is 2. The zero-order valence-electron chi connectivity index (χ0n) is 18.2. The summed E-state index contributed by atoms with van der Waals surface area (Å²) in [6, 6.07) is 7.71. The number of carbonyl (C=O) groups excluding carboxylic acids is 2. The van der Waals surface area contributed by atoms with Gasteiger partial charge < -0.3 is 25.3 Å². The largest absolute Gasteiger partial charge is 0.489 e. The minimum Gasteiger partial charge on any atom is -0.489 e. The van der Waals surface area contributed by atoms with Crippen LogP contribution in [0, 0.1) is 5.82 Å².